The van der Waals surface area contributed by atoms with E-state index < -0.39 is 16.1 Å². The van der Waals surface area contributed by atoms with E-state index in [0.29, 0.717) is 0 Å². The smallest absolute Gasteiger partial charge is 0.0445 e. The first-order valence-electron chi connectivity index (χ1n) is 19.9. The van der Waals surface area contributed by atoms with Crippen molar-refractivity contribution in [1.29, 1.82) is 0 Å². The fraction of sp³-hybridized carbons (Fsp3) is 0.192. The van der Waals surface area contributed by atoms with Crippen LogP contribution in [0.25, 0.3) is 86.9 Å². The topological polar surface area (TPSA) is 0 Å². The first kappa shape index (κ1) is 34.7. The number of aryl methyl sites for hydroxylation is 2. The zero-order valence-electron chi connectivity index (χ0n) is 32.7. The van der Waals surface area contributed by atoms with Crippen molar-refractivity contribution >= 4 is 80.8 Å². The molecule has 9 aromatic carbocycles. The van der Waals surface area contributed by atoms with E-state index in [9.17, 15) is 0 Å². The Morgan fingerprint density at radius 2 is 0.685 bits per heavy atom. The summed E-state index contributed by atoms with van der Waals surface area (Å²) in [6.07, 6.45) is 2.28. The highest BCUT2D eigenvalue weighted by Crippen LogP contribution is 2.41. The van der Waals surface area contributed by atoms with Crippen molar-refractivity contribution in [2.45, 2.75) is 64.2 Å². The molecule has 0 radical (unpaired) electrons. The zero-order chi connectivity index (χ0) is 37.2. The summed E-state index contributed by atoms with van der Waals surface area (Å²) in [5.41, 5.74) is 8.13. The van der Waals surface area contributed by atoms with Gasteiger partial charge < -0.3 is 0 Å². The van der Waals surface area contributed by atoms with Crippen molar-refractivity contribution in [2.24, 2.45) is 0 Å². The Labute approximate surface area is 322 Å². The van der Waals surface area contributed by atoms with E-state index in [2.05, 4.69) is 185 Å². The van der Waals surface area contributed by atoms with Crippen molar-refractivity contribution < 1.29 is 0 Å². The second-order valence-electron chi connectivity index (χ2n) is 18.0. The molecule has 0 unspecified atom stereocenters. The molecule has 0 atom stereocenters. The number of rotatable bonds is 8. The molecule has 0 amide bonds. The SMILES string of the molecule is C[Si](C)(C)CCc1c2ccccc2cc2c1ccc1c(-c3ccc(-c4cccc5c4ccc4c(CC[Si](C)(C)C)c6ccccc6cc45)cc3)cccc12. The molecule has 0 spiro atoms. The first-order chi connectivity index (χ1) is 26.0. The van der Waals surface area contributed by atoms with Crippen LogP contribution in [0.1, 0.15) is 11.1 Å². The third-order valence-corrected chi connectivity index (χ3v) is 15.3. The molecule has 9 rings (SSSR count). The van der Waals surface area contributed by atoms with Crippen LogP contribution < -0.4 is 0 Å². The molecule has 0 heterocycles. The molecule has 0 saturated carbocycles. The van der Waals surface area contributed by atoms with Gasteiger partial charge in [0.15, 0.2) is 0 Å². The lowest BCUT2D eigenvalue weighted by atomic mass is 9.88. The van der Waals surface area contributed by atoms with E-state index in [1.54, 1.807) is 0 Å². The molecule has 9 aromatic rings. The fourth-order valence-electron chi connectivity index (χ4n) is 8.87. The van der Waals surface area contributed by atoms with Crippen LogP contribution in [0.15, 0.2) is 146 Å². The van der Waals surface area contributed by atoms with Gasteiger partial charge in [0.25, 0.3) is 0 Å². The summed E-state index contributed by atoms with van der Waals surface area (Å²) in [7, 11) is -2.40. The Bertz CT molecular complexity index is 2680. The van der Waals surface area contributed by atoms with Gasteiger partial charge in [-0.1, -0.05) is 185 Å². The van der Waals surface area contributed by atoms with Gasteiger partial charge in [-0.15, -0.1) is 0 Å². The Balaban J connectivity index is 1.13. The first-order valence-corrected chi connectivity index (χ1v) is 27.3. The molecule has 54 heavy (non-hydrogen) atoms. The number of benzene rings is 9. The lowest BCUT2D eigenvalue weighted by Crippen LogP contribution is -2.20. The quantitative estimate of drug-likeness (QED) is 0.0829. The fourth-order valence-corrected chi connectivity index (χ4v) is 10.9. The van der Waals surface area contributed by atoms with Crippen LogP contribution >= 0.6 is 0 Å². The second-order valence-corrected chi connectivity index (χ2v) is 29.2. The van der Waals surface area contributed by atoms with Crippen molar-refractivity contribution in [3.8, 4) is 22.3 Å². The number of fused-ring (bicyclic) bond motifs is 8. The van der Waals surface area contributed by atoms with Gasteiger partial charge in [-0.05, 0) is 123 Å². The Kier molecular flexibility index (Phi) is 8.60. The van der Waals surface area contributed by atoms with Crippen molar-refractivity contribution in [3.05, 3.63) is 157 Å². The van der Waals surface area contributed by atoms with E-state index >= 15 is 0 Å². The summed E-state index contributed by atoms with van der Waals surface area (Å²) in [5, 5.41) is 16.4. The summed E-state index contributed by atoms with van der Waals surface area (Å²) >= 11 is 0. The molecule has 0 N–H and O–H groups in total. The van der Waals surface area contributed by atoms with Crippen LogP contribution in [0.4, 0.5) is 0 Å². The van der Waals surface area contributed by atoms with E-state index in [1.807, 2.05) is 0 Å². The van der Waals surface area contributed by atoms with Gasteiger partial charge in [0.2, 0.25) is 0 Å². The second kappa shape index (κ2) is 13.4. The summed E-state index contributed by atoms with van der Waals surface area (Å²) in [5.74, 6) is 0. The molecular weight excluding hydrogens is 681 g/mol. The lowest BCUT2D eigenvalue weighted by molar-refractivity contribution is 1.12. The van der Waals surface area contributed by atoms with Gasteiger partial charge >= 0.3 is 0 Å². The normalized spacial score (nSPS) is 12.6. The molecule has 0 bridgehead atoms. The van der Waals surface area contributed by atoms with Crippen LogP contribution in [-0.4, -0.2) is 16.1 Å². The van der Waals surface area contributed by atoms with E-state index in [1.165, 1.54) is 110 Å². The molecule has 266 valence electrons. The van der Waals surface area contributed by atoms with Gasteiger partial charge in [0.05, 0.1) is 0 Å². The minimum Gasteiger partial charge on any atom is -0.0695 e. The Hall–Kier alpha value is -5.03. The maximum atomic E-state index is 2.49. The molecule has 0 nitrogen and oxygen atoms in total. The van der Waals surface area contributed by atoms with Crippen LogP contribution in [0.2, 0.25) is 51.4 Å². The molecule has 0 aromatic heterocycles. The van der Waals surface area contributed by atoms with Crippen LogP contribution in [0.5, 0.6) is 0 Å². The monoisotopic (exact) mass is 730 g/mol. The van der Waals surface area contributed by atoms with Gasteiger partial charge in [0.1, 0.15) is 0 Å². The van der Waals surface area contributed by atoms with Crippen LogP contribution in [0.3, 0.4) is 0 Å². The van der Waals surface area contributed by atoms with Gasteiger partial charge in [-0.3, -0.25) is 0 Å². The van der Waals surface area contributed by atoms with Crippen molar-refractivity contribution in [2.75, 3.05) is 0 Å². The minimum absolute atomic E-state index is 1.14. The highest BCUT2D eigenvalue weighted by Gasteiger charge is 2.19. The van der Waals surface area contributed by atoms with Gasteiger partial charge in [0, 0.05) is 16.1 Å². The molecule has 0 fully saturated rings. The van der Waals surface area contributed by atoms with E-state index in [-0.39, 0.29) is 0 Å². The van der Waals surface area contributed by atoms with Crippen LogP contribution in [0, 0.1) is 0 Å². The van der Waals surface area contributed by atoms with E-state index in [4.69, 9.17) is 0 Å². The molecule has 0 aliphatic rings. The molecule has 0 saturated heterocycles. The highest BCUT2D eigenvalue weighted by molar-refractivity contribution is 6.76. The zero-order valence-corrected chi connectivity index (χ0v) is 34.7. The standard InChI is InChI=1S/C52H50Si2/c1-53(2,3)31-29-49-41-15-9-7-13-37(41)33-51-43-19-11-17-39(45(43)25-27-47(49)51)35-21-23-36(24-22-35)40-18-12-20-44-46(40)26-28-48-50(30-32-54(4,5)6)42-16-10-8-14-38(42)34-52(44)48/h7-28,33-34H,29-32H2,1-6H3. The summed E-state index contributed by atoms with van der Waals surface area (Å²) in [6.45, 7) is 14.9. The maximum Gasteiger partial charge on any atom is 0.0445 e. The average molecular weight is 731 g/mol. The predicted octanol–water partition coefficient (Wildman–Crippen LogP) is 15.7. The molecule has 0 aliphatic carbocycles. The lowest BCUT2D eigenvalue weighted by Gasteiger charge is -2.19. The Morgan fingerprint density at radius 1 is 0.315 bits per heavy atom. The summed E-state index contributed by atoms with van der Waals surface area (Å²) in [4.78, 5) is 0. The largest absolute Gasteiger partial charge is 0.0695 e. The van der Waals surface area contributed by atoms with Gasteiger partial charge in [-0.25, -0.2) is 0 Å². The highest BCUT2D eigenvalue weighted by atomic mass is 28.3. The molecule has 0 aliphatic heterocycles. The predicted molar refractivity (Wildman–Crippen MR) is 246 cm³/mol. The molecule has 2 heteroatoms. The van der Waals surface area contributed by atoms with Gasteiger partial charge in [-0.2, -0.15) is 0 Å². The number of hydrogen-bond acceptors (Lipinski definition) is 0. The summed E-state index contributed by atoms with van der Waals surface area (Å²) in [6, 6.07) is 58.1. The third-order valence-electron chi connectivity index (χ3n) is 11.8. The molecular formula is C52H50Si2. The maximum absolute atomic E-state index is 2.49. The van der Waals surface area contributed by atoms with E-state index in [0.717, 1.165) is 12.8 Å². The van der Waals surface area contributed by atoms with Crippen LogP contribution in [-0.2, 0) is 12.8 Å². The third kappa shape index (κ3) is 6.36. The summed E-state index contributed by atoms with van der Waals surface area (Å²) < 4.78 is 0. The minimum atomic E-state index is -1.20. The van der Waals surface area contributed by atoms with Crippen molar-refractivity contribution in [3.63, 3.8) is 0 Å². The number of hydrogen-bond donors (Lipinski definition) is 0. The average Bonchev–Trinajstić information content (AvgIpc) is 3.17. The van der Waals surface area contributed by atoms with Crippen molar-refractivity contribution in [1.82, 2.24) is 0 Å². The Morgan fingerprint density at radius 3 is 1.09 bits per heavy atom.